The average Bonchev–Trinajstić information content (AvgIpc) is 2.39. The molecule has 0 aliphatic carbocycles. The van der Waals surface area contributed by atoms with Crippen LogP contribution in [0.25, 0.3) is 0 Å². The maximum atomic E-state index is 13.6. The number of aliphatic carboxylic acids is 1. The van der Waals surface area contributed by atoms with Crippen molar-refractivity contribution in [3.63, 3.8) is 0 Å². The lowest BCUT2D eigenvalue weighted by Crippen LogP contribution is -2.61. The topological polar surface area (TPSA) is 54.4 Å². The zero-order valence-corrected chi connectivity index (χ0v) is 11.4. The van der Waals surface area contributed by atoms with Crippen molar-refractivity contribution in [2.24, 2.45) is 0 Å². The van der Waals surface area contributed by atoms with Crippen LogP contribution in [0.2, 0.25) is 5.02 Å². The van der Waals surface area contributed by atoms with Crippen molar-refractivity contribution < 1.29 is 41.0 Å². The lowest BCUT2D eigenvalue weighted by molar-refractivity contribution is -0.285. The van der Waals surface area contributed by atoms with Gasteiger partial charge in [0.2, 0.25) is 5.78 Å². The lowest BCUT2D eigenvalue weighted by Gasteiger charge is -2.29. The van der Waals surface area contributed by atoms with Gasteiger partial charge < -0.3 is 5.11 Å². The van der Waals surface area contributed by atoms with Crippen molar-refractivity contribution in [2.75, 3.05) is 0 Å². The molecule has 0 aliphatic rings. The number of carbonyl (C=O) groups excluding carboxylic acids is 1. The molecule has 1 N–H and O–H groups in total. The maximum Gasteiger partial charge on any atom is 0.411 e. The Hall–Kier alpha value is -1.77. The van der Waals surface area contributed by atoms with E-state index in [9.17, 15) is 35.9 Å². The first kappa shape index (κ1) is 18.3. The molecule has 22 heavy (non-hydrogen) atoms. The Morgan fingerprint density at radius 3 is 2.00 bits per heavy atom. The van der Waals surface area contributed by atoms with Crippen LogP contribution in [0.4, 0.5) is 26.3 Å². The third kappa shape index (κ3) is 2.65. The van der Waals surface area contributed by atoms with Crippen molar-refractivity contribution in [3.8, 4) is 0 Å². The quantitative estimate of drug-likeness (QED) is 0.650. The summed E-state index contributed by atoms with van der Waals surface area (Å²) >= 11 is 5.44. The molecule has 0 radical (unpaired) electrons. The highest BCUT2D eigenvalue weighted by molar-refractivity contribution is 6.31. The average molecular weight is 349 g/mol. The van der Waals surface area contributed by atoms with E-state index in [1.807, 2.05) is 0 Å². The van der Waals surface area contributed by atoms with Crippen LogP contribution in [0.1, 0.15) is 15.9 Å². The highest BCUT2D eigenvalue weighted by atomic mass is 35.5. The molecule has 0 bridgehead atoms. The third-order valence-corrected chi connectivity index (χ3v) is 3.02. The highest BCUT2D eigenvalue weighted by Crippen LogP contribution is 2.47. The predicted molar refractivity (Wildman–Crippen MR) is 63.0 cm³/mol. The molecule has 0 aliphatic heterocycles. The van der Waals surface area contributed by atoms with Crippen LogP contribution in [-0.4, -0.2) is 34.6 Å². The molecule has 1 aromatic carbocycles. The fraction of sp³-hybridized carbons (Fsp3) is 0.333. The number of carboxylic acid groups (broad SMARTS) is 1. The van der Waals surface area contributed by atoms with Crippen LogP contribution in [0.3, 0.4) is 0 Å². The number of carboxylic acids is 1. The summed E-state index contributed by atoms with van der Waals surface area (Å²) in [5.41, 5.74) is -1.23. The second-order valence-corrected chi connectivity index (χ2v) is 4.75. The molecule has 10 heteroatoms. The second kappa shape index (κ2) is 5.45. The molecule has 0 unspecified atom stereocenters. The number of ketones is 1. The third-order valence-electron chi connectivity index (χ3n) is 2.79. The normalized spacial score (nSPS) is 13.1. The summed E-state index contributed by atoms with van der Waals surface area (Å²) in [5, 5.41) is 7.73. The van der Waals surface area contributed by atoms with Gasteiger partial charge in [-0.25, -0.2) is 4.79 Å². The van der Waals surface area contributed by atoms with Gasteiger partial charge in [0.05, 0.1) is 0 Å². The fourth-order valence-electron chi connectivity index (χ4n) is 1.48. The van der Waals surface area contributed by atoms with E-state index in [2.05, 4.69) is 0 Å². The second-order valence-electron chi connectivity index (χ2n) is 4.32. The standard InChI is InChI=1S/C12H7ClF6O3/c1-5-2-3-6(13)4-7(5)8(20)10(14,15)12(18,19)11(16,17)9(21)22/h2-4H,1H3,(H,21,22). The SMILES string of the molecule is Cc1ccc(Cl)cc1C(=O)C(F)(F)C(F)(F)C(F)(F)C(=O)O. The van der Waals surface area contributed by atoms with Crippen molar-refractivity contribution in [3.05, 3.63) is 34.3 Å². The number of Topliss-reactive ketones (excluding diaryl/α,β-unsaturated/α-hetero) is 1. The first-order chi connectivity index (χ1) is 9.76. The Bertz CT molecular complexity index is 629. The Kier molecular flexibility index (Phi) is 4.53. The highest BCUT2D eigenvalue weighted by Gasteiger charge is 2.78. The van der Waals surface area contributed by atoms with Gasteiger partial charge in [-0.3, -0.25) is 4.79 Å². The zero-order valence-electron chi connectivity index (χ0n) is 10.6. The van der Waals surface area contributed by atoms with E-state index in [0.717, 1.165) is 19.1 Å². The van der Waals surface area contributed by atoms with Gasteiger partial charge in [0.25, 0.3) is 0 Å². The van der Waals surface area contributed by atoms with E-state index < -0.39 is 35.1 Å². The van der Waals surface area contributed by atoms with E-state index >= 15 is 0 Å². The number of hydrogen-bond donors (Lipinski definition) is 1. The van der Waals surface area contributed by atoms with Gasteiger partial charge in [0, 0.05) is 10.6 Å². The monoisotopic (exact) mass is 348 g/mol. The summed E-state index contributed by atoms with van der Waals surface area (Å²) in [6.07, 6.45) is 0. The largest absolute Gasteiger partial charge is 0.477 e. The van der Waals surface area contributed by atoms with Crippen molar-refractivity contribution >= 4 is 23.4 Å². The van der Waals surface area contributed by atoms with Crippen molar-refractivity contribution in [2.45, 2.75) is 24.7 Å². The molecule has 1 aromatic rings. The molecule has 0 amide bonds. The number of halogens is 7. The van der Waals surface area contributed by atoms with E-state index in [0.29, 0.717) is 6.07 Å². The van der Waals surface area contributed by atoms with Crippen LogP contribution in [0.15, 0.2) is 18.2 Å². The van der Waals surface area contributed by atoms with Gasteiger partial charge in [-0.15, -0.1) is 0 Å². The zero-order chi connectivity index (χ0) is 17.5. The van der Waals surface area contributed by atoms with E-state index in [4.69, 9.17) is 16.7 Å². The van der Waals surface area contributed by atoms with Crippen LogP contribution in [-0.2, 0) is 4.79 Å². The molecule has 122 valence electrons. The summed E-state index contributed by atoms with van der Waals surface area (Å²) in [7, 11) is 0. The van der Waals surface area contributed by atoms with Gasteiger partial charge >= 0.3 is 23.7 Å². The number of hydrogen-bond acceptors (Lipinski definition) is 2. The summed E-state index contributed by atoms with van der Waals surface area (Å²) < 4.78 is 79.4. The van der Waals surface area contributed by atoms with Crippen LogP contribution in [0, 0.1) is 6.92 Å². The summed E-state index contributed by atoms with van der Waals surface area (Å²) in [6.45, 7) is 1.09. The van der Waals surface area contributed by atoms with Gasteiger partial charge in [0.15, 0.2) is 0 Å². The first-order valence-corrected chi connectivity index (χ1v) is 5.82. The molecule has 0 heterocycles. The number of carbonyl (C=O) groups is 2. The predicted octanol–water partition coefficient (Wildman–Crippen LogP) is 3.82. The van der Waals surface area contributed by atoms with Gasteiger partial charge in [-0.05, 0) is 24.6 Å². The molecule has 0 aromatic heterocycles. The molecule has 0 spiro atoms. The van der Waals surface area contributed by atoms with E-state index in [1.165, 1.54) is 0 Å². The van der Waals surface area contributed by atoms with Gasteiger partial charge in [-0.2, -0.15) is 26.3 Å². The van der Waals surface area contributed by atoms with Crippen molar-refractivity contribution in [1.29, 1.82) is 0 Å². The number of aryl methyl sites for hydroxylation is 1. The Labute approximate surface area is 124 Å². The van der Waals surface area contributed by atoms with Crippen LogP contribution in [0.5, 0.6) is 0 Å². The maximum absolute atomic E-state index is 13.6. The summed E-state index contributed by atoms with van der Waals surface area (Å²) in [6, 6.07) is 2.80. The molecule has 0 saturated carbocycles. The molecule has 1 rings (SSSR count). The molecule has 3 nitrogen and oxygen atoms in total. The minimum absolute atomic E-state index is 0.219. The minimum atomic E-state index is -6.43. The lowest BCUT2D eigenvalue weighted by atomic mass is 9.94. The molecular weight excluding hydrogens is 342 g/mol. The molecule has 0 atom stereocenters. The Morgan fingerprint density at radius 1 is 1.05 bits per heavy atom. The Balaban J connectivity index is 3.42. The van der Waals surface area contributed by atoms with Crippen LogP contribution >= 0.6 is 11.6 Å². The Morgan fingerprint density at radius 2 is 1.55 bits per heavy atom. The molecule has 0 fully saturated rings. The van der Waals surface area contributed by atoms with Crippen molar-refractivity contribution in [1.82, 2.24) is 0 Å². The smallest absolute Gasteiger partial charge is 0.411 e. The molecule has 0 saturated heterocycles. The fourth-order valence-corrected chi connectivity index (χ4v) is 1.65. The van der Waals surface area contributed by atoms with E-state index in [1.54, 1.807) is 0 Å². The van der Waals surface area contributed by atoms with Gasteiger partial charge in [0.1, 0.15) is 0 Å². The summed E-state index contributed by atoms with van der Waals surface area (Å²) in [5.74, 6) is -24.7. The first-order valence-electron chi connectivity index (χ1n) is 5.44. The van der Waals surface area contributed by atoms with E-state index in [-0.39, 0.29) is 10.6 Å². The molecular formula is C12H7ClF6O3. The minimum Gasteiger partial charge on any atom is -0.477 e. The number of benzene rings is 1. The number of rotatable bonds is 5. The van der Waals surface area contributed by atoms with Crippen LogP contribution < -0.4 is 0 Å². The number of alkyl halides is 6. The van der Waals surface area contributed by atoms with Gasteiger partial charge in [-0.1, -0.05) is 17.7 Å². The summed E-state index contributed by atoms with van der Waals surface area (Å²) in [4.78, 5) is 21.6.